The van der Waals surface area contributed by atoms with Crippen molar-refractivity contribution in [1.82, 2.24) is 9.88 Å². The van der Waals surface area contributed by atoms with Crippen LogP contribution < -0.4 is 5.32 Å². The first-order valence-electron chi connectivity index (χ1n) is 9.03. The highest BCUT2D eigenvalue weighted by Crippen LogP contribution is 2.27. The molecule has 1 aliphatic rings. The molecule has 5 nitrogen and oxygen atoms in total. The Bertz CT molecular complexity index is 504. The average molecular weight is 333 g/mol. The minimum atomic E-state index is 0.133. The van der Waals surface area contributed by atoms with Gasteiger partial charge in [-0.15, -0.1) is 0 Å². The molecule has 1 N–H and O–H groups in total. The summed E-state index contributed by atoms with van der Waals surface area (Å²) in [7, 11) is 3.64. The van der Waals surface area contributed by atoms with Gasteiger partial charge in [0, 0.05) is 45.5 Å². The normalized spacial score (nSPS) is 20.6. The number of carbonyl (C=O) groups excluding carboxylic acids is 1. The van der Waals surface area contributed by atoms with Crippen molar-refractivity contribution in [3.8, 4) is 0 Å². The lowest BCUT2D eigenvalue weighted by molar-refractivity contribution is -0.135. The fourth-order valence-electron chi connectivity index (χ4n) is 3.32. The van der Waals surface area contributed by atoms with Crippen LogP contribution in [0.15, 0.2) is 18.3 Å². The van der Waals surface area contributed by atoms with E-state index in [1.165, 1.54) is 0 Å². The first kappa shape index (κ1) is 18.7. The first-order chi connectivity index (χ1) is 11.6. The van der Waals surface area contributed by atoms with Gasteiger partial charge in [-0.2, -0.15) is 0 Å². The van der Waals surface area contributed by atoms with Crippen molar-refractivity contribution in [1.29, 1.82) is 0 Å². The third kappa shape index (κ3) is 5.78. The molecular formula is C19H31N3O2. The summed E-state index contributed by atoms with van der Waals surface area (Å²) in [6.07, 6.45) is 7.98. The van der Waals surface area contributed by atoms with Crippen LogP contribution in [0.2, 0.25) is 0 Å². The molecule has 0 saturated heterocycles. The molecule has 1 fully saturated rings. The molecule has 1 saturated carbocycles. The molecule has 0 bridgehead atoms. The fraction of sp³-hybridized carbons (Fsp3) is 0.684. The quantitative estimate of drug-likeness (QED) is 0.742. The highest BCUT2D eigenvalue weighted by atomic mass is 16.5. The van der Waals surface area contributed by atoms with E-state index >= 15 is 0 Å². The van der Waals surface area contributed by atoms with Crippen molar-refractivity contribution in [2.75, 3.05) is 32.6 Å². The van der Waals surface area contributed by atoms with Gasteiger partial charge in [0.2, 0.25) is 5.91 Å². The fourth-order valence-corrected chi connectivity index (χ4v) is 3.32. The van der Waals surface area contributed by atoms with Crippen molar-refractivity contribution < 1.29 is 9.53 Å². The third-order valence-corrected chi connectivity index (χ3v) is 4.76. The van der Waals surface area contributed by atoms with Gasteiger partial charge in [-0.3, -0.25) is 4.79 Å². The number of hydrogen-bond acceptors (Lipinski definition) is 4. The minimum absolute atomic E-state index is 0.133. The smallest absolute Gasteiger partial charge is 0.225 e. The Morgan fingerprint density at radius 1 is 1.38 bits per heavy atom. The predicted octanol–water partition coefficient (Wildman–Crippen LogP) is 3.25. The van der Waals surface area contributed by atoms with Crippen LogP contribution in [0.25, 0.3) is 0 Å². The summed E-state index contributed by atoms with van der Waals surface area (Å²) in [5.74, 6) is 1.33. The number of unbranched alkanes of at least 4 members (excludes halogenated alkanes) is 1. The van der Waals surface area contributed by atoms with E-state index in [1.54, 1.807) is 7.11 Å². The molecular weight excluding hydrogens is 302 g/mol. The summed E-state index contributed by atoms with van der Waals surface area (Å²) in [5.41, 5.74) is 1.16. The van der Waals surface area contributed by atoms with Gasteiger partial charge >= 0.3 is 0 Å². The zero-order chi connectivity index (χ0) is 17.4. The number of methoxy groups -OCH3 is 1. The summed E-state index contributed by atoms with van der Waals surface area (Å²) in [4.78, 5) is 19.0. The molecule has 0 radical (unpaired) electrons. The van der Waals surface area contributed by atoms with E-state index in [0.717, 1.165) is 63.1 Å². The van der Waals surface area contributed by atoms with Gasteiger partial charge in [-0.1, -0.05) is 12.5 Å². The molecule has 1 aliphatic carbocycles. The maximum Gasteiger partial charge on any atom is 0.225 e. The van der Waals surface area contributed by atoms with Crippen LogP contribution in [-0.4, -0.2) is 49.1 Å². The van der Waals surface area contributed by atoms with Crippen LogP contribution in [0, 0.1) is 12.8 Å². The molecule has 0 aromatic carbocycles. The summed E-state index contributed by atoms with van der Waals surface area (Å²) in [5, 5.41) is 3.49. The second-order valence-electron chi connectivity index (χ2n) is 6.89. The Labute approximate surface area is 145 Å². The van der Waals surface area contributed by atoms with Crippen LogP contribution in [-0.2, 0) is 9.53 Å². The van der Waals surface area contributed by atoms with Gasteiger partial charge in [-0.25, -0.2) is 4.98 Å². The van der Waals surface area contributed by atoms with Crippen molar-refractivity contribution in [2.24, 2.45) is 5.92 Å². The molecule has 2 atom stereocenters. The maximum atomic E-state index is 12.7. The predicted molar refractivity (Wildman–Crippen MR) is 97.1 cm³/mol. The maximum absolute atomic E-state index is 12.7. The average Bonchev–Trinajstić information content (AvgIpc) is 2.60. The molecule has 1 aromatic heterocycles. The highest BCUT2D eigenvalue weighted by molar-refractivity contribution is 5.78. The third-order valence-electron chi connectivity index (χ3n) is 4.76. The molecule has 0 aliphatic heterocycles. The largest absolute Gasteiger partial charge is 0.385 e. The molecule has 24 heavy (non-hydrogen) atoms. The Morgan fingerprint density at radius 3 is 2.92 bits per heavy atom. The lowest BCUT2D eigenvalue weighted by Crippen LogP contribution is -2.39. The number of rotatable bonds is 8. The zero-order valence-corrected chi connectivity index (χ0v) is 15.3. The standard InChI is InChI=1S/C19H31N3O2/c1-15-9-10-18(20-14-15)21-17-8-6-7-16(13-17)19(23)22(2)11-4-5-12-24-3/h9-10,14,16-17H,4-8,11-13H2,1-3H3,(H,20,21)/t16-,17+/m1/s1. The van der Waals surface area contributed by atoms with Crippen LogP contribution in [0.4, 0.5) is 5.82 Å². The number of anilines is 1. The number of nitrogens with one attached hydrogen (secondary N) is 1. The molecule has 0 unspecified atom stereocenters. The zero-order valence-electron chi connectivity index (χ0n) is 15.3. The summed E-state index contributed by atoms with van der Waals surface area (Å²) >= 11 is 0. The summed E-state index contributed by atoms with van der Waals surface area (Å²) in [6, 6.07) is 4.42. The Kier molecular flexibility index (Phi) is 7.50. The number of pyridine rings is 1. The Balaban J connectivity index is 1.80. The number of aryl methyl sites for hydroxylation is 1. The van der Waals surface area contributed by atoms with Crippen molar-refractivity contribution in [2.45, 2.75) is 51.5 Å². The topological polar surface area (TPSA) is 54.5 Å². The SMILES string of the molecule is COCCCCN(C)C(=O)[C@@H]1CCC[C@H](Nc2ccc(C)cn2)C1. The number of hydrogen-bond donors (Lipinski definition) is 1. The van der Waals surface area contributed by atoms with Crippen molar-refractivity contribution in [3.63, 3.8) is 0 Å². The Hall–Kier alpha value is -1.62. The summed E-state index contributed by atoms with van der Waals surface area (Å²) in [6.45, 7) is 3.62. The number of amides is 1. The highest BCUT2D eigenvalue weighted by Gasteiger charge is 2.29. The van der Waals surface area contributed by atoms with Gasteiger partial charge in [0.05, 0.1) is 0 Å². The van der Waals surface area contributed by atoms with E-state index in [4.69, 9.17) is 4.74 Å². The van der Waals surface area contributed by atoms with Gasteiger partial charge in [0.25, 0.3) is 0 Å². The van der Waals surface area contributed by atoms with Crippen molar-refractivity contribution in [3.05, 3.63) is 23.9 Å². The van der Waals surface area contributed by atoms with Gasteiger partial charge in [0.15, 0.2) is 0 Å². The number of ether oxygens (including phenoxy) is 1. The lowest BCUT2D eigenvalue weighted by Gasteiger charge is -2.32. The van der Waals surface area contributed by atoms with E-state index in [0.29, 0.717) is 6.04 Å². The monoisotopic (exact) mass is 333 g/mol. The van der Waals surface area contributed by atoms with E-state index in [2.05, 4.69) is 16.4 Å². The molecule has 1 heterocycles. The number of aromatic nitrogens is 1. The van der Waals surface area contributed by atoms with Gasteiger partial charge < -0.3 is 15.0 Å². The molecule has 134 valence electrons. The Morgan fingerprint density at radius 2 is 2.21 bits per heavy atom. The molecule has 1 amide bonds. The minimum Gasteiger partial charge on any atom is -0.385 e. The second-order valence-corrected chi connectivity index (χ2v) is 6.89. The number of nitrogens with zero attached hydrogens (tertiary/aromatic N) is 2. The lowest BCUT2D eigenvalue weighted by atomic mass is 9.84. The van der Waals surface area contributed by atoms with Crippen LogP contribution in [0.5, 0.6) is 0 Å². The van der Waals surface area contributed by atoms with Crippen molar-refractivity contribution >= 4 is 11.7 Å². The number of carbonyl (C=O) groups is 1. The summed E-state index contributed by atoms with van der Waals surface area (Å²) < 4.78 is 5.06. The molecule has 5 heteroatoms. The van der Waals surface area contributed by atoms with Crippen LogP contribution in [0.3, 0.4) is 0 Å². The second kappa shape index (κ2) is 9.62. The molecule has 1 aromatic rings. The van der Waals surface area contributed by atoms with E-state index in [1.807, 2.05) is 31.1 Å². The molecule has 0 spiro atoms. The first-order valence-corrected chi connectivity index (χ1v) is 9.03. The van der Waals surface area contributed by atoms with E-state index < -0.39 is 0 Å². The van der Waals surface area contributed by atoms with E-state index in [-0.39, 0.29) is 11.8 Å². The van der Waals surface area contributed by atoms with Gasteiger partial charge in [-0.05, 0) is 50.7 Å². The van der Waals surface area contributed by atoms with E-state index in [9.17, 15) is 4.79 Å². The molecule has 2 rings (SSSR count). The van der Waals surface area contributed by atoms with Gasteiger partial charge in [0.1, 0.15) is 5.82 Å². The van der Waals surface area contributed by atoms with Crippen LogP contribution >= 0.6 is 0 Å². The van der Waals surface area contributed by atoms with Crippen LogP contribution in [0.1, 0.15) is 44.1 Å².